The number of alkyl halides is 1. The largest absolute Gasteiger partial charge is 0.295 e. The van der Waals surface area contributed by atoms with E-state index in [-0.39, 0.29) is 5.56 Å². The van der Waals surface area contributed by atoms with Crippen LogP contribution in [-0.2, 0) is 6.54 Å². The van der Waals surface area contributed by atoms with Crippen molar-refractivity contribution in [3.63, 3.8) is 0 Å². The van der Waals surface area contributed by atoms with Gasteiger partial charge in [0.1, 0.15) is 0 Å². The lowest BCUT2D eigenvalue weighted by atomic mass is 10.3. The van der Waals surface area contributed by atoms with Gasteiger partial charge in [0.2, 0.25) is 0 Å². The van der Waals surface area contributed by atoms with E-state index in [1.54, 1.807) is 4.68 Å². The van der Waals surface area contributed by atoms with E-state index in [1.165, 1.54) is 0 Å². The van der Waals surface area contributed by atoms with Crippen molar-refractivity contribution in [1.29, 1.82) is 0 Å². The average Bonchev–Trinajstić information content (AvgIpc) is 2.57. The molecule has 0 radical (unpaired) electrons. The van der Waals surface area contributed by atoms with Gasteiger partial charge in [-0.1, -0.05) is 12.1 Å². The third-order valence-corrected chi connectivity index (χ3v) is 2.69. The minimum atomic E-state index is 0.0557. The van der Waals surface area contributed by atoms with E-state index in [1.807, 2.05) is 24.3 Å². The zero-order chi connectivity index (χ0) is 10.7. The van der Waals surface area contributed by atoms with E-state index < -0.39 is 0 Å². The number of benzene rings is 1. The van der Waals surface area contributed by atoms with Gasteiger partial charge in [-0.25, -0.2) is 0 Å². The minimum Gasteiger partial charge on any atom is -0.295 e. The third-order valence-electron chi connectivity index (χ3n) is 2.42. The Bertz CT molecular complexity index is 501. The van der Waals surface area contributed by atoms with Crippen molar-refractivity contribution >= 4 is 22.5 Å². The lowest BCUT2D eigenvalue weighted by Gasteiger charge is -1.98. The summed E-state index contributed by atoms with van der Waals surface area (Å²) in [5.41, 5.74) is 0.952. The Hall–Kier alpha value is -1.22. The van der Waals surface area contributed by atoms with Gasteiger partial charge in [0.25, 0.3) is 5.56 Å². The molecule has 0 saturated carbocycles. The first-order valence-electron chi connectivity index (χ1n) is 5.06. The first kappa shape index (κ1) is 10.3. The van der Waals surface area contributed by atoms with Gasteiger partial charge < -0.3 is 0 Å². The third kappa shape index (κ3) is 2.07. The Morgan fingerprint density at radius 2 is 2.07 bits per heavy atom. The highest BCUT2D eigenvalue weighted by Crippen LogP contribution is 2.06. The number of nitrogens with one attached hydrogen (secondary N) is 1. The van der Waals surface area contributed by atoms with Gasteiger partial charge in [-0.2, -0.15) is 0 Å². The molecule has 1 heterocycles. The number of halogens is 1. The van der Waals surface area contributed by atoms with Gasteiger partial charge in [-0.3, -0.25) is 14.6 Å². The molecule has 0 unspecified atom stereocenters. The number of para-hydroxylation sites is 1. The normalized spacial score (nSPS) is 11.0. The maximum Gasteiger partial charge on any atom is 0.274 e. The van der Waals surface area contributed by atoms with E-state index in [9.17, 15) is 4.79 Å². The van der Waals surface area contributed by atoms with Gasteiger partial charge in [0.15, 0.2) is 0 Å². The highest BCUT2D eigenvalue weighted by Gasteiger charge is 2.04. The summed E-state index contributed by atoms with van der Waals surface area (Å²) in [6.07, 6.45) is 1.86. The Balaban J connectivity index is 2.28. The second-order valence-corrected chi connectivity index (χ2v) is 3.89. The summed E-state index contributed by atoms with van der Waals surface area (Å²) in [5.74, 6) is 0.648. The molecular formula is C11H13ClN2O. The van der Waals surface area contributed by atoms with Crippen molar-refractivity contribution in [3.8, 4) is 0 Å². The van der Waals surface area contributed by atoms with Gasteiger partial charge >= 0.3 is 0 Å². The highest BCUT2D eigenvalue weighted by atomic mass is 35.5. The molecule has 1 N–H and O–H groups in total. The van der Waals surface area contributed by atoms with Crippen molar-refractivity contribution < 1.29 is 0 Å². The van der Waals surface area contributed by atoms with Crippen LogP contribution in [0.15, 0.2) is 29.1 Å². The summed E-state index contributed by atoms with van der Waals surface area (Å²) in [4.78, 5) is 11.8. The summed E-state index contributed by atoms with van der Waals surface area (Å²) in [6, 6.07) is 7.54. The Morgan fingerprint density at radius 3 is 2.80 bits per heavy atom. The summed E-state index contributed by atoms with van der Waals surface area (Å²) >= 11 is 5.59. The molecule has 0 bridgehead atoms. The molecule has 1 aromatic heterocycles. The van der Waals surface area contributed by atoms with E-state index in [4.69, 9.17) is 11.6 Å². The van der Waals surface area contributed by atoms with Gasteiger partial charge in [-0.05, 0) is 25.0 Å². The number of fused-ring (bicyclic) bond motifs is 1. The second kappa shape index (κ2) is 4.53. The molecule has 0 fully saturated rings. The molecule has 80 valence electrons. The number of aromatic amines is 1. The first-order valence-corrected chi connectivity index (χ1v) is 5.60. The van der Waals surface area contributed by atoms with Crippen LogP contribution in [0.5, 0.6) is 0 Å². The molecule has 2 aromatic rings. The zero-order valence-electron chi connectivity index (χ0n) is 8.37. The molecule has 2 rings (SSSR count). The number of hydrogen-bond donors (Lipinski definition) is 1. The Morgan fingerprint density at radius 1 is 1.27 bits per heavy atom. The number of rotatable bonds is 4. The molecule has 0 aliphatic heterocycles. The second-order valence-electron chi connectivity index (χ2n) is 3.51. The van der Waals surface area contributed by atoms with Crippen LogP contribution in [0.1, 0.15) is 12.8 Å². The number of aromatic nitrogens is 2. The molecule has 0 atom stereocenters. The summed E-state index contributed by atoms with van der Waals surface area (Å²) in [6.45, 7) is 0.709. The van der Waals surface area contributed by atoms with Crippen LogP contribution < -0.4 is 5.56 Å². The number of aryl methyl sites for hydroxylation is 1. The topological polar surface area (TPSA) is 37.8 Å². The lowest BCUT2D eigenvalue weighted by Crippen LogP contribution is -2.16. The van der Waals surface area contributed by atoms with E-state index in [0.29, 0.717) is 12.4 Å². The Labute approximate surface area is 92.6 Å². The molecule has 15 heavy (non-hydrogen) atoms. The molecule has 1 aromatic carbocycles. The summed E-state index contributed by atoms with van der Waals surface area (Å²) in [7, 11) is 0. The predicted molar refractivity (Wildman–Crippen MR) is 62.5 cm³/mol. The van der Waals surface area contributed by atoms with Crippen LogP contribution in [-0.4, -0.2) is 15.7 Å². The number of hydrogen-bond acceptors (Lipinski definition) is 1. The van der Waals surface area contributed by atoms with Crippen LogP contribution in [0.25, 0.3) is 10.9 Å². The van der Waals surface area contributed by atoms with Crippen LogP contribution in [0.2, 0.25) is 0 Å². The highest BCUT2D eigenvalue weighted by molar-refractivity contribution is 6.17. The molecule has 0 saturated heterocycles. The van der Waals surface area contributed by atoms with Crippen molar-refractivity contribution in [2.75, 3.05) is 5.88 Å². The molecular weight excluding hydrogens is 212 g/mol. The molecule has 3 nitrogen and oxygen atoms in total. The SMILES string of the molecule is O=c1c2ccccc2[nH]n1CCCCCl. The fourth-order valence-corrected chi connectivity index (χ4v) is 1.82. The summed E-state index contributed by atoms with van der Waals surface area (Å²) < 4.78 is 1.65. The minimum absolute atomic E-state index is 0.0557. The number of H-pyrrole nitrogens is 1. The summed E-state index contributed by atoms with van der Waals surface area (Å²) in [5, 5.41) is 3.84. The van der Waals surface area contributed by atoms with Gasteiger partial charge in [0.05, 0.1) is 10.9 Å². The van der Waals surface area contributed by atoms with Crippen LogP contribution in [0.3, 0.4) is 0 Å². The van der Waals surface area contributed by atoms with Gasteiger partial charge in [-0.15, -0.1) is 11.6 Å². The Kier molecular flexibility index (Phi) is 3.11. The molecule has 0 aliphatic rings. The maximum absolute atomic E-state index is 11.8. The molecule has 0 amide bonds. The van der Waals surface area contributed by atoms with Crippen LogP contribution >= 0.6 is 11.6 Å². The molecule has 4 heteroatoms. The van der Waals surface area contributed by atoms with E-state index in [2.05, 4.69) is 5.10 Å². The van der Waals surface area contributed by atoms with Crippen molar-refractivity contribution in [2.24, 2.45) is 0 Å². The first-order chi connectivity index (χ1) is 7.33. The smallest absolute Gasteiger partial charge is 0.274 e. The molecule has 0 aliphatic carbocycles. The van der Waals surface area contributed by atoms with E-state index >= 15 is 0 Å². The maximum atomic E-state index is 11.8. The average molecular weight is 225 g/mol. The monoisotopic (exact) mass is 224 g/mol. The number of nitrogens with zero attached hydrogens (tertiary/aromatic N) is 1. The van der Waals surface area contributed by atoms with Crippen molar-refractivity contribution in [3.05, 3.63) is 34.6 Å². The lowest BCUT2D eigenvalue weighted by molar-refractivity contribution is 0.563. The predicted octanol–water partition coefficient (Wildman–Crippen LogP) is 2.35. The zero-order valence-corrected chi connectivity index (χ0v) is 9.13. The van der Waals surface area contributed by atoms with Crippen LogP contribution in [0, 0.1) is 0 Å². The van der Waals surface area contributed by atoms with Crippen molar-refractivity contribution in [1.82, 2.24) is 9.78 Å². The van der Waals surface area contributed by atoms with Crippen LogP contribution in [0.4, 0.5) is 0 Å². The fourth-order valence-electron chi connectivity index (χ4n) is 1.63. The van der Waals surface area contributed by atoms with E-state index in [0.717, 1.165) is 23.7 Å². The van der Waals surface area contributed by atoms with Gasteiger partial charge in [0, 0.05) is 12.4 Å². The fraction of sp³-hybridized carbons (Fsp3) is 0.364. The number of unbranched alkanes of at least 4 members (excludes halogenated alkanes) is 1. The quantitative estimate of drug-likeness (QED) is 0.628. The molecule has 0 spiro atoms. The van der Waals surface area contributed by atoms with Crippen molar-refractivity contribution in [2.45, 2.75) is 19.4 Å². The standard InChI is InChI=1S/C11H13ClN2O/c12-7-3-4-8-14-11(15)9-5-1-2-6-10(9)13-14/h1-2,5-6,13H,3-4,7-8H2.